The van der Waals surface area contributed by atoms with E-state index in [0.717, 1.165) is 27.6 Å². The van der Waals surface area contributed by atoms with Crippen LogP contribution in [0.25, 0.3) is 10.6 Å². The third-order valence-electron chi connectivity index (χ3n) is 3.52. The van der Waals surface area contributed by atoms with E-state index >= 15 is 0 Å². The van der Waals surface area contributed by atoms with Gasteiger partial charge >= 0.3 is 0 Å². The summed E-state index contributed by atoms with van der Waals surface area (Å²) < 4.78 is 5.44. The number of rotatable bonds is 7. The molecule has 25 heavy (non-hydrogen) atoms. The fourth-order valence-electron chi connectivity index (χ4n) is 2.31. The van der Waals surface area contributed by atoms with Crippen molar-refractivity contribution in [3.05, 3.63) is 65.4 Å². The molecule has 0 saturated carbocycles. The van der Waals surface area contributed by atoms with Crippen molar-refractivity contribution in [2.24, 2.45) is 0 Å². The first-order chi connectivity index (χ1) is 12.2. The molecule has 3 aromatic rings. The van der Waals surface area contributed by atoms with Gasteiger partial charge in [0.05, 0.1) is 18.7 Å². The van der Waals surface area contributed by atoms with Crippen molar-refractivity contribution >= 4 is 17.2 Å². The lowest BCUT2D eigenvalue weighted by Gasteiger charge is -2.04. The van der Waals surface area contributed by atoms with Crippen LogP contribution in [0.3, 0.4) is 0 Å². The molecule has 2 heterocycles. The van der Waals surface area contributed by atoms with Crippen LogP contribution in [-0.4, -0.2) is 22.5 Å². The molecule has 2 aromatic heterocycles. The molecule has 0 spiro atoms. The Kier molecular flexibility index (Phi) is 5.74. The summed E-state index contributed by atoms with van der Waals surface area (Å²) >= 11 is 1.54. The molecular formula is C19H19N3O2S. The molecule has 5 nitrogen and oxygen atoms in total. The predicted octanol–water partition coefficient (Wildman–Crippen LogP) is 3.46. The number of amides is 1. The van der Waals surface area contributed by atoms with Gasteiger partial charge in [-0.05, 0) is 42.8 Å². The molecule has 1 N–H and O–H groups in total. The molecule has 0 unspecified atom stereocenters. The van der Waals surface area contributed by atoms with Crippen LogP contribution in [0.4, 0.5) is 0 Å². The maximum Gasteiger partial charge on any atom is 0.226 e. The van der Waals surface area contributed by atoms with E-state index in [2.05, 4.69) is 15.3 Å². The van der Waals surface area contributed by atoms with Crippen LogP contribution in [0.15, 0.2) is 54.2 Å². The van der Waals surface area contributed by atoms with Crippen molar-refractivity contribution in [2.75, 3.05) is 6.61 Å². The van der Waals surface area contributed by atoms with E-state index in [-0.39, 0.29) is 12.3 Å². The number of aromatic nitrogens is 2. The predicted molar refractivity (Wildman–Crippen MR) is 98.5 cm³/mol. The minimum Gasteiger partial charge on any atom is -0.494 e. The van der Waals surface area contributed by atoms with E-state index in [4.69, 9.17) is 4.74 Å². The lowest BCUT2D eigenvalue weighted by molar-refractivity contribution is -0.120. The fraction of sp³-hybridized carbons (Fsp3) is 0.211. The zero-order valence-corrected chi connectivity index (χ0v) is 14.8. The number of thiazole rings is 1. The lowest BCUT2D eigenvalue weighted by atomic mass is 10.2. The number of benzene rings is 1. The summed E-state index contributed by atoms with van der Waals surface area (Å²) in [6.07, 6.45) is 3.73. The minimum atomic E-state index is -0.0487. The number of carbonyl (C=O) groups is 1. The zero-order valence-electron chi connectivity index (χ0n) is 13.9. The van der Waals surface area contributed by atoms with Crippen LogP contribution < -0.4 is 10.1 Å². The Balaban J connectivity index is 1.56. The van der Waals surface area contributed by atoms with Gasteiger partial charge in [-0.2, -0.15) is 0 Å². The smallest absolute Gasteiger partial charge is 0.226 e. The molecule has 0 radical (unpaired) electrons. The maximum absolute atomic E-state index is 12.1. The number of nitrogens with one attached hydrogen (secondary N) is 1. The van der Waals surface area contributed by atoms with Gasteiger partial charge in [-0.15, -0.1) is 11.3 Å². The van der Waals surface area contributed by atoms with Crippen LogP contribution in [0.5, 0.6) is 5.75 Å². The van der Waals surface area contributed by atoms with Gasteiger partial charge in [0.15, 0.2) is 0 Å². The Hall–Kier alpha value is -2.73. The molecule has 6 heteroatoms. The van der Waals surface area contributed by atoms with Crippen LogP contribution in [0.1, 0.15) is 18.2 Å². The number of hydrogen-bond acceptors (Lipinski definition) is 5. The van der Waals surface area contributed by atoms with Crippen molar-refractivity contribution < 1.29 is 9.53 Å². The first-order valence-corrected chi connectivity index (χ1v) is 8.96. The van der Waals surface area contributed by atoms with Gasteiger partial charge in [-0.25, -0.2) is 4.98 Å². The van der Waals surface area contributed by atoms with Gasteiger partial charge in [0.25, 0.3) is 0 Å². The average molecular weight is 353 g/mol. The highest BCUT2D eigenvalue weighted by Crippen LogP contribution is 2.26. The van der Waals surface area contributed by atoms with Gasteiger partial charge in [-0.3, -0.25) is 9.78 Å². The highest BCUT2D eigenvalue weighted by atomic mass is 32.1. The van der Waals surface area contributed by atoms with E-state index < -0.39 is 0 Å². The molecule has 0 bridgehead atoms. The molecule has 128 valence electrons. The van der Waals surface area contributed by atoms with Crippen molar-refractivity contribution in [3.8, 4) is 16.3 Å². The van der Waals surface area contributed by atoms with Crippen LogP contribution >= 0.6 is 11.3 Å². The average Bonchev–Trinajstić information content (AvgIpc) is 3.10. The number of carbonyl (C=O) groups excluding carboxylic acids is 1. The molecule has 1 amide bonds. The quantitative estimate of drug-likeness (QED) is 0.706. The second-order valence-electron chi connectivity index (χ2n) is 5.42. The fourth-order valence-corrected chi connectivity index (χ4v) is 3.14. The van der Waals surface area contributed by atoms with Crippen molar-refractivity contribution in [3.63, 3.8) is 0 Å². The van der Waals surface area contributed by atoms with Gasteiger partial charge in [-0.1, -0.05) is 6.07 Å². The lowest BCUT2D eigenvalue weighted by Crippen LogP contribution is -2.24. The maximum atomic E-state index is 12.1. The third-order valence-corrected chi connectivity index (χ3v) is 4.46. The summed E-state index contributed by atoms with van der Waals surface area (Å²) in [5.74, 6) is 0.796. The molecule has 1 aromatic carbocycles. The Morgan fingerprint density at radius 1 is 1.24 bits per heavy atom. The molecule has 0 aliphatic carbocycles. The van der Waals surface area contributed by atoms with Crippen LogP contribution in [0.2, 0.25) is 0 Å². The zero-order chi connectivity index (χ0) is 17.5. The summed E-state index contributed by atoms with van der Waals surface area (Å²) in [4.78, 5) is 20.7. The Morgan fingerprint density at radius 3 is 2.80 bits per heavy atom. The summed E-state index contributed by atoms with van der Waals surface area (Å²) in [5.41, 5.74) is 2.78. The molecule has 0 fully saturated rings. The standard InChI is InChI=1S/C19H19N3O2S/c1-2-24-17-7-5-15(6-8-17)19-22-16(13-25-19)10-18(23)21-12-14-4-3-9-20-11-14/h3-9,11,13H,2,10,12H2,1H3,(H,21,23). The van der Waals surface area contributed by atoms with E-state index in [1.54, 1.807) is 12.4 Å². The largest absolute Gasteiger partial charge is 0.494 e. The summed E-state index contributed by atoms with van der Waals surface area (Å²) in [6, 6.07) is 11.6. The van der Waals surface area contributed by atoms with E-state index in [0.29, 0.717) is 13.2 Å². The normalized spacial score (nSPS) is 10.4. The van der Waals surface area contributed by atoms with Crippen molar-refractivity contribution in [1.82, 2.24) is 15.3 Å². The number of ether oxygens (including phenoxy) is 1. The molecule has 3 rings (SSSR count). The molecular weight excluding hydrogens is 334 g/mol. The Labute approximate surface area is 150 Å². The Morgan fingerprint density at radius 2 is 2.08 bits per heavy atom. The SMILES string of the molecule is CCOc1ccc(-c2nc(CC(=O)NCc3cccnc3)cs2)cc1. The first kappa shape index (κ1) is 17.1. The topological polar surface area (TPSA) is 64.1 Å². The van der Waals surface area contributed by atoms with Gasteiger partial charge in [0, 0.05) is 29.9 Å². The molecule has 0 aliphatic rings. The van der Waals surface area contributed by atoms with Crippen molar-refractivity contribution in [2.45, 2.75) is 19.9 Å². The molecule has 0 aliphatic heterocycles. The number of pyridine rings is 1. The number of nitrogens with zero attached hydrogens (tertiary/aromatic N) is 2. The van der Waals surface area contributed by atoms with Gasteiger partial charge < -0.3 is 10.1 Å². The van der Waals surface area contributed by atoms with Crippen LogP contribution in [-0.2, 0) is 17.8 Å². The van der Waals surface area contributed by atoms with Crippen molar-refractivity contribution in [1.29, 1.82) is 0 Å². The summed E-state index contributed by atoms with van der Waals surface area (Å²) in [6.45, 7) is 3.08. The molecule has 0 atom stereocenters. The molecule has 0 saturated heterocycles. The highest BCUT2D eigenvalue weighted by Gasteiger charge is 2.09. The first-order valence-electron chi connectivity index (χ1n) is 8.08. The minimum absolute atomic E-state index is 0.0487. The second-order valence-corrected chi connectivity index (χ2v) is 6.27. The number of hydrogen-bond donors (Lipinski definition) is 1. The van der Waals surface area contributed by atoms with E-state index in [1.807, 2.05) is 48.7 Å². The highest BCUT2D eigenvalue weighted by molar-refractivity contribution is 7.13. The summed E-state index contributed by atoms with van der Waals surface area (Å²) in [7, 11) is 0. The third kappa shape index (κ3) is 4.87. The van der Waals surface area contributed by atoms with E-state index in [1.165, 1.54) is 11.3 Å². The van der Waals surface area contributed by atoms with E-state index in [9.17, 15) is 4.79 Å². The summed E-state index contributed by atoms with van der Waals surface area (Å²) in [5, 5.41) is 5.71. The Bertz CT molecular complexity index is 816. The van der Waals surface area contributed by atoms with Gasteiger partial charge in [0.2, 0.25) is 5.91 Å². The van der Waals surface area contributed by atoms with Crippen LogP contribution in [0, 0.1) is 0 Å². The van der Waals surface area contributed by atoms with Gasteiger partial charge in [0.1, 0.15) is 10.8 Å². The second kappa shape index (κ2) is 8.39. The monoisotopic (exact) mass is 353 g/mol.